The van der Waals surface area contributed by atoms with Crippen LogP contribution in [0.5, 0.6) is 0 Å². The molecule has 1 atom stereocenters. The Morgan fingerprint density at radius 3 is 2.63 bits per heavy atom. The minimum absolute atomic E-state index is 0.0796. The van der Waals surface area contributed by atoms with Crippen LogP contribution in [0.2, 0.25) is 0 Å². The number of thiophene rings is 1. The predicted octanol–water partition coefficient (Wildman–Crippen LogP) is 3.32. The molecule has 0 aliphatic carbocycles. The topological polar surface area (TPSA) is 145 Å². The van der Waals surface area contributed by atoms with Crippen LogP contribution in [0.3, 0.4) is 0 Å². The molecule has 13 nitrogen and oxygen atoms in total. The standard InChI is InChI=1S/C37H30N8O5S/c1-21-40-41-32-20-50-19-29-27(13-22-5-3-2-4-6-22)31(51-37(29)44(21)32)11-7-23-15-38-43(16-23)25-17-42(18-25)24-8-9-26-28(14-24)36(49)45(35(26)48)30-10-12-33(46)39-34(30)47/h2-6,8-9,14-16,25,30H,10,12-13,17-20H2,1H3,(H,39,46,47). The fourth-order valence-electron chi connectivity index (χ4n) is 7.13. The molecule has 7 heterocycles. The number of fused-ring (bicyclic) bond motifs is 4. The van der Waals surface area contributed by atoms with E-state index in [4.69, 9.17) is 4.74 Å². The van der Waals surface area contributed by atoms with Gasteiger partial charge in [-0.25, -0.2) is 0 Å². The molecular weight excluding hydrogens is 669 g/mol. The van der Waals surface area contributed by atoms with Gasteiger partial charge >= 0.3 is 0 Å². The summed E-state index contributed by atoms with van der Waals surface area (Å²) in [5.74, 6) is 6.33. The highest BCUT2D eigenvalue weighted by Crippen LogP contribution is 2.37. The van der Waals surface area contributed by atoms with E-state index in [9.17, 15) is 19.2 Å². The van der Waals surface area contributed by atoms with Crippen molar-refractivity contribution in [1.82, 2.24) is 34.8 Å². The number of amides is 4. The van der Waals surface area contributed by atoms with Gasteiger partial charge in [-0.3, -0.25) is 38.6 Å². The van der Waals surface area contributed by atoms with Gasteiger partial charge in [0, 0.05) is 37.0 Å². The molecule has 0 radical (unpaired) electrons. The molecule has 254 valence electrons. The number of aryl methyl sites for hydroxylation is 1. The molecule has 9 rings (SSSR count). The van der Waals surface area contributed by atoms with E-state index in [1.54, 1.807) is 29.7 Å². The highest BCUT2D eigenvalue weighted by molar-refractivity contribution is 7.15. The second kappa shape index (κ2) is 12.1. The van der Waals surface area contributed by atoms with Crippen molar-refractivity contribution in [2.75, 3.05) is 18.0 Å². The quantitative estimate of drug-likeness (QED) is 0.216. The third kappa shape index (κ3) is 5.33. The molecule has 4 aliphatic heterocycles. The zero-order valence-electron chi connectivity index (χ0n) is 27.5. The number of rotatable bonds is 5. The van der Waals surface area contributed by atoms with Crippen LogP contribution < -0.4 is 10.2 Å². The lowest BCUT2D eigenvalue weighted by molar-refractivity contribution is -0.136. The third-order valence-corrected chi connectivity index (χ3v) is 11.0. The molecule has 14 heteroatoms. The van der Waals surface area contributed by atoms with Crippen LogP contribution in [0.1, 0.15) is 78.4 Å². The maximum Gasteiger partial charge on any atom is 0.262 e. The summed E-state index contributed by atoms with van der Waals surface area (Å²) in [7, 11) is 0. The van der Waals surface area contributed by atoms with E-state index in [0.29, 0.717) is 26.3 Å². The van der Waals surface area contributed by atoms with E-state index in [1.807, 2.05) is 42.1 Å². The van der Waals surface area contributed by atoms with Crippen LogP contribution >= 0.6 is 11.3 Å². The number of carbonyl (C=O) groups excluding carboxylic acids is 4. The Morgan fingerprint density at radius 2 is 1.80 bits per heavy atom. The number of piperidine rings is 1. The molecule has 2 aromatic carbocycles. The summed E-state index contributed by atoms with van der Waals surface area (Å²) in [6.07, 6.45) is 4.66. The van der Waals surface area contributed by atoms with Crippen LogP contribution in [0.4, 0.5) is 5.69 Å². The number of ether oxygens (including phenoxy) is 1. The van der Waals surface area contributed by atoms with Crippen LogP contribution in [0, 0.1) is 18.8 Å². The first kappa shape index (κ1) is 31.1. The number of carbonyl (C=O) groups is 4. The summed E-state index contributed by atoms with van der Waals surface area (Å²) in [5.41, 5.74) is 5.59. The monoisotopic (exact) mass is 698 g/mol. The molecule has 51 heavy (non-hydrogen) atoms. The largest absolute Gasteiger partial charge is 0.369 e. The number of nitrogens with one attached hydrogen (secondary N) is 1. The SMILES string of the molecule is Cc1nnc2n1-c1sc(C#Cc3cnn(C4CN(c5ccc6c(c5)C(=O)N(C5CCC(=O)NC5=O)C6=O)C4)c3)c(Cc3ccccc3)c1COC2. The van der Waals surface area contributed by atoms with Crippen LogP contribution in [0.15, 0.2) is 60.9 Å². The fraction of sp³-hybridized carbons (Fsp3) is 0.270. The van der Waals surface area contributed by atoms with E-state index < -0.39 is 29.7 Å². The average Bonchev–Trinajstić information content (AvgIpc) is 3.83. The summed E-state index contributed by atoms with van der Waals surface area (Å²) >= 11 is 1.63. The zero-order chi connectivity index (χ0) is 34.8. The number of imide groups is 2. The van der Waals surface area contributed by atoms with Gasteiger partial charge in [-0.05, 0) is 49.1 Å². The Bertz CT molecular complexity index is 2340. The molecule has 0 saturated carbocycles. The van der Waals surface area contributed by atoms with Crippen molar-refractivity contribution < 1.29 is 23.9 Å². The highest BCUT2D eigenvalue weighted by Gasteiger charge is 2.45. The number of hydrogen-bond donors (Lipinski definition) is 1. The molecule has 5 aromatic rings. The van der Waals surface area contributed by atoms with Crippen molar-refractivity contribution >= 4 is 40.7 Å². The first-order chi connectivity index (χ1) is 24.8. The lowest BCUT2D eigenvalue weighted by Gasteiger charge is -2.41. The van der Waals surface area contributed by atoms with E-state index in [0.717, 1.165) is 55.2 Å². The van der Waals surface area contributed by atoms with Gasteiger partial charge in [-0.2, -0.15) is 5.10 Å². The van der Waals surface area contributed by atoms with Crippen LogP contribution in [-0.4, -0.2) is 72.2 Å². The van der Waals surface area contributed by atoms with Gasteiger partial charge in [0.05, 0.1) is 40.4 Å². The maximum absolute atomic E-state index is 13.3. The number of hydrogen-bond acceptors (Lipinski definition) is 10. The van der Waals surface area contributed by atoms with Crippen LogP contribution in [0.25, 0.3) is 5.00 Å². The number of aromatic nitrogens is 5. The Hall–Kier alpha value is -5.91. The van der Waals surface area contributed by atoms with Gasteiger partial charge in [0.1, 0.15) is 23.5 Å². The van der Waals surface area contributed by atoms with Gasteiger partial charge in [0.25, 0.3) is 11.8 Å². The lowest BCUT2D eigenvalue weighted by Crippen LogP contribution is -2.54. The Balaban J connectivity index is 0.922. The molecule has 0 bridgehead atoms. The summed E-state index contributed by atoms with van der Waals surface area (Å²) in [4.78, 5) is 54.5. The van der Waals surface area contributed by atoms with E-state index in [-0.39, 0.29) is 30.0 Å². The zero-order valence-corrected chi connectivity index (χ0v) is 28.3. The first-order valence-electron chi connectivity index (χ1n) is 16.7. The van der Waals surface area contributed by atoms with E-state index >= 15 is 0 Å². The highest BCUT2D eigenvalue weighted by atomic mass is 32.1. The molecule has 1 unspecified atom stereocenters. The van der Waals surface area contributed by atoms with E-state index in [2.05, 4.69) is 54.1 Å². The smallest absolute Gasteiger partial charge is 0.262 e. The molecular formula is C37H30N8O5S. The van der Waals surface area contributed by atoms with Crippen molar-refractivity contribution in [3.05, 3.63) is 111 Å². The van der Waals surface area contributed by atoms with Crippen molar-refractivity contribution in [2.24, 2.45) is 0 Å². The molecule has 4 aliphatic rings. The third-order valence-electron chi connectivity index (χ3n) is 9.84. The number of nitrogens with zero attached hydrogens (tertiary/aromatic N) is 7. The summed E-state index contributed by atoms with van der Waals surface area (Å²) in [6, 6.07) is 14.6. The van der Waals surface area contributed by atoms with Gasteiger partial charge in [0.2, 0.25) is 11.8 Å². The van der Waals surface area contributed by atoms with Crippen molar-refractivity contribution in [3.8, 4) is 16.8 Å². The molecule has 0 spiro atoms. The molecule has 3 aromatic heterocycles. The van der Waals surface area contributed by atoms with E-state index in [1.165, 1.54) is 5.56 Å². The average molecular weight is 699 g/mol. The fourth-order valence-corrected chi connectivity index (χ4v) is 8.38. The summed E-state index contributed by atoms with van der Waals surface area (Å²) in [5, 5.41) is 16.5. The van der Waals surface area contributed by atoms with Crippen LogP contribution in [-0.2, 0) is 34.0 Å². The number of benzene rings is 2. The van der Waals surface area contributed by atoms with Crippen molar-refractivity contribution in [2.45, 2.75) is 51.5 Å². The second-order valence-electron chi connectivity index (χ2n) is 13.0. The number of anilines is 1. The predicted molar refractivity (Wildman–Crippen MR) is 184 cm³/mol. The maximum atomic E-state index is 13.3. The minimum Gasteiger partial charge on any atom is -0.369 e. The minimum atomic E-state index is -0.991. The summed E-state index contributed by atoms with van der Waals surface area (Å²) < 4.78 is 10.0. The van der Waals surface area contributed by atoms with Crippen molar-refractivity contribution in [1.29, 1.82) is 0 Å². The molecule has 2 saturated heterocycles. The van der Waals surface area contributed by atoms with Gasteiger partial charge in [-0.1, -0.05) is 42.2 Å². The first-order valence-corrected chi connectivity index (χ1v) is 17.5. The van der Waals surface area contributed by atoms with Crippen molar-refractivity contribution in [3.63, 3.8) is 0 Å². The van der Waals surface area contributed by atoms with Gasteiger partial charge in [0.15, 0.2) is 5.82 Å². The molecule has 1 N–H and O–H groups in total. The van der Waals surface area contributed by atoms with Gasteiger partial charge < -0.3 is 9.64 Å². The molecule has 4 amide bonds. The Kier molecular flexibility index (Phi) is 7.41. The normalized spacial score (nSPS) is 18.4. The Morgan fingerprint density at radius 1 is 0.980 bits per heavy atom. The second-order valence-corrected chi connectivity index (χ2v) is 14.0. The lowest BCUT2D eigenvalue weighted by atomic mass is 10.0. The Labute approximate surface area is 295 Å². The molecule has 2 fully saturated rings. The van der Waals surface area contributed by atoms with Gasteiger partial charge in [-0.15, -0.1) is 21.5 Å². The summed E-state index contributed by atoms with van der Waals surface area (Å²) in [6.45, 7) is 4.14.